The Hall–Kier alpha value is -0.440. The molecule has 0 amide bonds. The molecule has 3 aliphatic heterocycles. The quantitative estimate of drug-likeness (QED) is 0.110. The lowest BCUT2D eigenvalue weighted by Gasteiger charge is -2.37. The zero-order valence-electron chi connectivity index (χ0n) is 19.5. The lowest BCUT2D eigenvalue weighted by Crippen LogP contribution is -2.60. The fourth-order valence-electron chi connectivity index (χ4n) is 5.82. The molecule has 4 rings (SSSR count). The zero-order valence-corrected chi connectivity index (χ0v) is 19.5. The van der Waals surface area contributed by atoms with Gasteiger partial charge in [0.1, 0.15) is 18.3 Å². The molecular weight excluding hydrogens is 452 g/mol. The lowest BCUT2D eigenvalue weighted by atomic mass is 9.86. The van der Waals surface area contributed by atoms with E-state index in [1.165, 1.54) is 38.5 Å². The second-order valence-electron chi connectivity index (χ2n) is 10.1. The van der Waals surface area contributed by atoms with Gasteiger partial charge >= 0.3 is 5.79 Å². The van der Waals surface area contributed by atoms with Gasteiger partial charge in [0, 0.05) is 6.61 Å². The van der Waals surface area contributed by atoms with Crippen molar-refractivity contribution in [3.8, 4) is 0 Å². The van der Waals surface area contributed by atoms with E-state index in [4.69, 9.17) is 14.2 Å². The molecule has 4 aliphatic rings. The predicted molar refractivity (Wildman–Crippen MR) is 116 cm³/mol. The van der Waals surface area contributed by atoms with Crippen molar-refractivity contribution in [2.75, 3.05) is 19.8 Å². The van der Waals surface area contributed by atoms with Crippen LogP contribution in [0.2, 0.25) is 0 Å². The molecule has 7 N–H and O–H groups in total. The van der Waals surface area contributed by atoms with Crippen LogP contribution in [0.1, 0.15) is 57.8 Å². The first kappa shape index (κ1) is 26.6. The summed E-state index contributed by atoms with van der Waals surface area (Å²) in [6, 6.07) is 0. The van der Waals surface area contributed by atoms with E-state index in [1.807, 2.05) is 0 Å². The molecule has 4 fully saturated rings. The van der Waals surface area contributed by atoms with E-state index in [0.29, 0.717) is 6.61 Å². The molecule has 11 nitrogen and oxygen atoms in total. The molecule has 0 bridgehead atoms. The molecule has 0 aromatic carbocycles. The third-order valence-corrected chi connectivity index (χ3v) is 7.87. The first-order valence-electron chi connectivity index (χ1n) is 12.7. The topological polar surface area (TPSA) is 172 Å². The number of rotatable bonds is 10. The molecule has 1 aliphatic carbocycles. The SMILES string of the molecule is OC[C@H]1O[C@H]([O+]2[C@@H]3[C@@H](CO)O[C@@H](OCCCCCC4CCCCC4)[C@H](O)[C@@]32O)[C@H](O)[C@@H](O)[C@@H]1O. The summed E-state index contributed by atoms with van der Waals surface area (Å²) in [6.07, 6.45) is -1.46. The van der Waals surface area contributed by atoms with Crippen LogP contribution in [-0.4, -0.2) is 117 Å². The van der Waals surface area contributed by atoms with Crippen LogP contribution in [0.5, 0.6) is 0 Å². The van der Waals surface area contributed by atoms with E-state index in [9.17, 15) is 35.7 Å². The van der Waals surface area contributed by atoms with Gasteiger partial charge in [-0.25, -0.2) is 0 Å². The minimum absolute atomic E-state index is 0.315. The van der Waals surface area contributed by atoms with Crippen molar-refractivity contribution in [3.05, 3.63) is 0 Å². The van der Waals surface area contributed by atoms with Crippen LogP contribution in [0.4, 0.5) is 0 Å². The number of aliphatic hydroxyl groups excluding tert-OH is 6. The number of hydrogen-bond acceptors (Lipinski definition) is 10. The maximum absolute atomic E-state index is 11.2. The summed E-state index contributed by atoms with van der Waals surface area (Å²) in [6.45, 7) is -0.814. The first-order valence-corrected chi connectivity index (χ1v) is 12.7. The Morgan fingerprint density at radius 3 is 2.21 bits per heavy atom. The molecule has 0 aromatic heterocycles. The standard InChI is InChI=1S/C23H41O11/c24-11-14-16(26)17(27)18(28)22(33-14)34-20-15(12-25)32-21(19(29)23(20,34)30)31-10-6-2-5-9-13-7-3-1-4-8-13/h13-22,24-30H,1-12H2/q+1/t14-,15-,16-,17+,18-,19+,20-,21-,22-,23+/m1/s1. The number of fused-ring (bicyclic) bond motifs is 1. The van der Waals surface area contributed by atoms with Crippen LogP contribution < -0.4 is 0 Å². The molecule has 1 saturated carbocycles. The first-order chi connectivity index (χ1) is 16.3. The van der Waals surface area contributed by atoms with Crippen LogP contribution in [0.25, 0.3) is 0 Å². The van der Waals surface area contributed by atoms with Crippen LogP contribution in [0.3, 0.4) is 0 Å². The number of epoxide rings is 1. The average Bonchev–Trinajstić information content (AvgIpc) is 3.49. The van der Waals surface area contributed by atoms with Gasteiger partial charge in [-0.3, -0.25) is 0 Å². The lowest BCUT2D eigenvalue weighted by molar-refractivity contribution is -0.361. The Labute approximate surface area is 199 Å². The van der Waals surface area contributed by atoms with E-state index in [2.05, 4.69) is 4.37 Å². The summed E-state index contributed by atoms with van der Waals surface area (Å²) in [5.41, 5.74) is 0. The van der Waals surface area contributed by atoms with Gasteiger partial charge in [-0.1, -0.05) is 51.4 Å². The molecule has 0 aromatic rings. The normalized spacial score (nSPS) is 45.8. The molecule has 3 saturated heterocycles. The maximum Gasteiger partial charge on any atom is 0.384 e. The fourth-order valence-corrected chi connectivity index (χ4v) is 5.82. The largest absolute Gasteiger partial charge is 0.394 e. The Morgan fingerprint density at radius 1 is 0.824 bits per heavy atom. The van der Waals surface area contributed by atoms with Gasteiger partial charge in [-0.15, -0.1) is 0 Å². The summed E-state index contributed by atoms with van der Waals surface area (Å²) in [7, 11) is 0. The number of unbranched alkanes of at least 4 members (excludes halogenated alkanes) is 2. The highest BCUT2D eigenvalue weighted by Gasteiger charge is 2.87. The van der Waals surface area contributed by atoms with Crippen molar-refractivity contribution in [1.82, 2.24) is 0 Å². The summed E-state index contributed by atoms with van der Waals surface area (Å²) >= 11 is 0. The van der Waals surface area contributed by atoms with Crippen LogP contribution >= 0.6 is 0 Å². The van der Waals surface area contributed by atoms with Crippen LogP contribution in [-0.2, 0) is 18.6 Å². The summed E-state index contributed by atoms with van der Waals surface area (Å²) in [4.78, 5) is 0. The Kier molecular flexibility index (Phi) is 8.85. The smallest absolute Gasteiger partial charge is 0.384 e. The summed E-state index contributed by atoms with van der Waals surface area (Å²) in [5, 5.41) is 71.7. The molecule has 0 spiro atoms. The van der Waals surface area contributed by atoms with Crippen molar-refractivity contribution in [3.63, 3.8) is 0 Å². The van der Waals surface area contributed by atoms with Crippen LogP contribution in [0, 0.1) is 5.92 Å². The number of hydrogen-bond donors (Lipinski definition) is 7. The van der Waals surface area contributed by atoms with Gasteiger partial charge < -0.3 is 54.3 Å². The third kappa shape index (κ3) is 5.03. The molecular formula is C23H41O11+. The van der Waals surface area contributed by atoms with Gasteiger partial charge in [0.25, 0.3) is 12.4 Å². The summed E-state index contributed by atoms with van der Waals surface area (Å²) in [5.74, 6) is -1.18. The molecule has 3 heterocycles. The van der Waals surface area contributed by atoms with Crippen molar-refractivity contribution < 1.29 is 54.3 Å². The third-order valence-electron chi connectivity index (χ3n) is 7.87. The molecule has 11 heteroatoms. The molecule has 10 atom stereocenters. The second-order valence-corrected chi connectivity index (χ2v) is 10.1. The van der Waals surface area contributed by atoms with Crippen molar-refractivity contribution in [2.24, 2.45) is 5.92 Å². The van der Waals surface area contributed by atoms with E-state index in [-0.39, 0.29) is 0 Å². The Morgan fingerprint density at radius 2 is 1.53 bits per heavy atom. The molecule has 198 valence electrons. The highest BCUT2D eigenvalue weighted by atomic mass is 17.0. The number of ether oxygens (including phenoxy) is 3. The average molecular weight is 494 g/mol. The predicted octanol–water partition coefficient (Wildman–Crippen LogP) is -1.36. The van der Waals surface area contributed by atoms with E-state index >= 15 is 0 Å². The van der Waals surface area contributed by atoms with Crippen molar-refractivity contribution in [1.29, 1.82) is 0 Å². The van der Waals surface area contributed by atoms with Gasteiger partial charge in [-0.2, -0.15) is 0 Å². The van der Waals surface area contributed by atoms with E-state index in [1.54, 1.807) is 0 Å². The monoisotopic (exact) mass is 493 g/mol. The van der Waals surface area contributed by atoms with Gasteiger partial charge in [-0.05, 0) is 12.3 Å². The van der Waals surface area contributed by atoms with Crippen molar-refractivity contribution >= 4 is 0 Å². The highest BCUT2D eigenvalue weighted by Crippen LogP contribution is 2.57. The second kappa shape index (κ2) is 11.3. The van der Waals surface area contributed by atoms with Crippen molar-refractivity contribution in [2.45, 2.75) is 119 Å². The minimum atomic E-state index is -2.01. The van der Waals surface area contributed by atoms with Gasteiger partial charge in [0.05, 0.1) is 13.2 Å². The molecule has 34 heavy (non-hydrogen) atoms. The number of aliphatic hydroxyl groups is 7. The van der Waals surface area contributed by atoms with Crippen LogP contribution in [0.15, 0.2) is 0 Å². The molecule has 0 unspecified atom stereocenters. The molecule has 0 radical (unpaired) electrons. The van der Waals surface area contributed by atoms with Gasteiger partial charge in [0.2, 0.25) is 6.10 Å². The zero-order chi connectivity index (χ0) is 24.5. The van der Waals surface area contributed by atoms with Gasteiger partial charge in [0.15, 0.2) is 18.5 Å². The fraction of sp³-hybridized carbons (Fsp3) is 1.00. The summed E-state index contributed by atoms with van der Waals surface area (Å²) < 4.78 is 19.1. The van der Waals surface area contributed by atoms with E-state index < -0.39 is 74.3 Å². The van der Waals surface area contributed by atoms with E-state index in [0.717, 1.165) is 25.2 Å². The maximum atomic E-state index is 11.2. The minimum Gasteiger partial charge on any atom is -0.394 e. The Bertz CT molecular complexity index is 644. The highest BCUT2D eigenvalue weighted by molar-refractivity contribution is 5.14. The Balaban J connectivity index is 1.30.